The highest BCUT2D eigenvalue weighted by Crippen LogP contribution is 2.32. The van der Waals surface area contributed by atoms with E-state index >= 15 is 0 Å². The van der Waals surface area contributed by atoms with E-state index < -0.39 is 11.4 Å². The standard InChI is InChI=1S/C10H8Cl2N2OS2/c11-6-4-8(13)9(5-7(6)12)14-17(15)10-2-1-3-16-10/h1-5,14H,13H2. The first-order valence-corrected chi connectivity index (χ1v) is 7.33. The number of rotatable bonds is 3. The fraction of sp³-hybridized carbons (Fsp3) is 0. The van der Waals surface area contributed by atoms with E-state index in [1.165, 1.54) is 17.4 Å². The van der Waals surface area contributed by atoms with Crippen molar-refractivity contribution in [2.24, 2.45) is 0 Å². The Labute approximate surface area is 116 Å². The van der Waals surface area contributed by atoms with Crippen LogP contribution in [0.2, 0.25) is 10.0 Å². The fourth-order valence-electron chi connectivity index (χ4n) is 1.17. The average Bonchev–Trinajstić information content (AvgIpc) is 2.79. The Balaban J connectivity index is 2.22. The molecule has 2 aromatic rings. The van der Waals surface area contributed by atoms with Crippen LogP contribution >= 0.6 is 34.5 Å². The second-order valence-electron chi connectivity index (χ2n) is 3.16. The molecule has 0 amide bonds. The Morgan fingerprint density at radius 2 is 2.00 bits per heavy atom. The topological polar surface area (TPSA) is 61.1 Å². The number of nitrogens with two attached hydrogens (primary N) is 1. The Morgan fingerprint density at radius 1 is 1.29 bits per heavy atom. The van der Waals surface area contributed by atoms with Crippen LogP contribution in [0.1, 0.15) is 0 Å². The van der Waals surface area contributed by atoms with Crippen molar-refractivity contribution in [2.45, 2.75) is 4.21 Å². The third kappa shape index (κ3) is 3.00. The molecular weight excluding hydrogens is 299 g/mol. The smallest absolute Gasteiger partial charge is 0.233 e. The molecule has 17 heavy (non-hydrogen) atoms. The largest absolute Gasteiger partial charge is 0.587 e. The molecule has 0 radical (unpaired) electrons. The molecule has 0 bridgehead atoms. The first kappa shape index (κ1) is 12.9. The van der Waals surface area contributed by atoms with Gasteiger partial charge in [0.05, 0.1) is 15.7 Å². The third-order valence-electron chi connectivity index (χ3n) is 1.97. The average molecular weight is 307 g/mol. The highest BCUT2D eigenvalue weighted by Gasteiger charge is 2.15. The molecule has 0 spiro atoms. The van der Waals surface area contributed by atoms with Gasteiger partial charge in [-0.1, -0.05) is 34.5 Å². The van der Waals surface area contributed by atoms with Gasteiger partial charge in [0.1, 0.15) is 17.0 Å². The van der Waals surface area contributed by atoms with Crippen molar-refractivity contribution in [3.8, 4) is 0 Å². The van der Waals surface area contributed by atoms with E-state index in [9.17, 15) is 4.55 Å². The van der Waals surface area contributed by atoms with Crippen LogP contribution in [0, 0.1) is 0 Å². The Morgan fingerprint density at radius 3 is 2.65 bits per heavy atom. The van der Waals surface area contributed by atoms with Gasteiger partial charge in [0.15, 0.2) is 0 Å². The number of hydrogen-bond acceptors (Lipinski definition) is 4. The van der Waals surface area contributed by atoms with Crippen LogP contribution in [0.25, 0.3) is 0 Å². The van der Waals surface area contributed by atoms with Crippen LogP contribution in [0.5, 0.6) is 0 Å². The monoisotopic (exact) mass is 306 g/mol. The summed E-state index contributed by atoms with van der Waals surface area (Å²) in [7, 11) is 0. The number of nitrogens with one attached hydrogen (secondary N) is 1. The first-order valence-electron chi connectivity index (χ1n) is 4.54. The van der Waals surface area contributed by atoms with E-state index in [0.717, 1.165) is 4.21 Å². The summed E-state index contributed by atoms with van der Waals surface area (Å²) in [6.45, 7) is 0. The first-order chi connectivity index (χ1) is 8.08. The molecule has 1 atom stereocenters. The summed E-state index contributed by atoms with van der Waals surface area (Å²) in [6, 6.07) is 6.70. The molecule has 0 aliphatic rings. The van der Waals surface area contributed by atoms with Gasteiger partial charge in [0.2, 0.25) is 4.21 Å². The Kier molecular flexibility index (Phi) is 4.06. The SMILES string of the molecule is Nc1cc(Cl)c(Cl)cc1N[S+]([O-])c1cccs1. The molecule has 7 heteroatoms. The van der Waals surface area contributed by atoms with Crippen molar-refractivity contribution in [1.29, 1.82) is 0 Å². The van der Waals surface area contributed by atoms with E-state index in [1.54, 1.807) is 12.1 Å². The number of halogens is 2. The van der Waals surface area contributed by atoms with E-state index in [2.05, 4.69) is 4.72 Å². The number of anilines is 2. The van der Waals surface area contributed by atoms with Gasteiger partial charge in [0.25, 0.3) is 0 Å². The minimum Gasteiger partial charge on any atom is -0.587 e. The number of benzene rings is 1. The molecule has 1 aromatic carbocycles. The Bertz CT molecular complexity index is 519. The van der Waals surface area contributed by atoms with Gasteiger partial charge in [-0.2, -0.15) is 0 Å². The van der Waals surface area contributed by atoms with Crippen LogP contribution in [0.4, 0.5) is 11.4 Å². The second-order valence-corrected chi connectivity index (χ2v) is 6.36. The predicted molar refractivity (Wildman–Crippen MR) is 75.2 cm³/mol. The zero-order valence-corrected chi connectivity index (χ0v) is 11.6. The van der Waals surface area contributed by atoms with Crippen molar-refractivity contribution >= 4 is 57.3 Å². The van der Waals surface area contributed by atoms with Crippen molar-refractivity contribution in [3.63, 3.8) is 0 Å². The second kappa shape index (κ2) is 5.37. The maximum absolute atomic E-state index is 11.9. The summed E-state index contributed by atoms with van der Waals surface area (Å²) in [5.41, 5.74) is 6.67. The molecule has 3 nitrogen and oxygen atoms in total. The van der Waals surface area contributed by atoms with Gasteiger partial charge in [-0.25, -0.2) is 4.72 Å². The highest BCUT2D eigenvalue weighted by atomic mass is 35.5. The summed E-state index contributed by atoms with van der Waals surface area (Å²) in [6.07, 6.45) is 0. The molecule has 1 aromatic heterocycles. The summed E-state index contributed by atoms with van der Waals surface area (Å²) < 4.78 is 15.4. The molecule has 0 aliphatic carbocycles. The van der Waals surface area contributed by atoms with E-state index in [0.29, 0.717) is 21.4 Å². The Hall–Kier alpha value is -0.590. The van der Waals surface area contributed by atoms with E-state index in [1.807, 2.05) is 11.4 Å². The molecule has 90 valence electrons. The maximum atomic E-state index is 11.9. The molecule has 0 saturated carbocycles. The number of thiophene rings is 1. The van der Waals surface area contributed by atoms with Crippen LogP contribution in [0.15, 0.2) is 33.9 Å². The summed E-state index contributed by atoms with van der Waals surface area (Å²) in [5.74, 6) is 0. The lowest BCUT2D eigenvalue weighted by Gasteiger charge is -2.12. The van der Waals surface area contributed by atoms with Gasteiger partial charge < -0.3 is 10.3 Å². The van der Waals surface area contributed by atoms with Gasteiger partial charge in [0, 0.05) is 6.07 Å². The zero-order chi connectivity index (χ0) is 12.4. The summed E-state index contributed by atoms with van der Waals surface area (Å²) >= 11 is 11.7. The minimum atomic E-state index is -1.34. The normalized spacial score (nSPS) is 12.4. The lowest BCUT2D eigenvalue weighted by atomic mass is 10.3. The lowest BCUT2D eigenvalue weighted by molar-refractivity contribution is 0.602. The molecular formula is C10H8Cl2N2OS2. The highest BCUT2D eigenvalue weighted by molar-refractivity contribution is 7.94. The zero-order valence-electron chi connectivity index (χ0n) is 8.44. The van der Waals surface area contributed by atoms with Crippen molar-refractivity contribution in [2.75, 3.05) is 10.5 Å². The van der Waals surface area contributed by atoms with E-state index in [-0.39, 0.29) is 0 Å². The number of nitrogen functional groups attached to an aromatic ring is 1. The van der Waals surface area contributed by atoms with Crippen LogP contribution in [-0.4, -0.2) is 4.55 Å². The van der Waals surface area contributed by atoms with Crippen LogP contribution < -0.4 is 10.5 Å². The maximum Gasteiger partial charge on any atom is 0.233 e. The van der Waals surface area contributed by atoms with Gasteiger partial charge in [-0.15, -0.1) is 0 Å². The predicted octanol–water partition coefficient (Wildman–Crippen LogP) is 3.77. The van der Waals surface area contributed by atoms with E-state index in [4.69, 9.17) is 28.9 Å². The summed E-state index contributed by atoms with van der Waals surface area (Å²) in [5, 5.41) is 2.59. The summed E-state index contributed by atoms with van der Waals surface area (Å²) in [4.78, 5) is 0. The van der Waals surface area contributed by atoms with Gasteiger partial charge >= 0.3 is 0 Å². The van der Waals surface area contributed by atoms with Crippen LogP contribution in [-0.2, 0) is 11.4 Å². The lowest BCUT2D eigenvalue weighted by Crippen LogP contribution is -2.12. The molecule has 3 N–H and O–H groups in total. The number of hydrogen-bond donors (Lipinski definition) is 2. The van der Waals surface area contributed by atoms with Crippen molar-refractivity contribution in [1.82, 2.24) is 0 Å². The molecule has 0 fully saturated rings. The van der Waals surface area contributed by atoms with Gasteiger partial charge in [-0.05, 0) is 23.6 Å². The molecule has 1 heterocycles. The van der Waals surface area contributed by atoms with Crippen molar-refractivity contribution in [3.05, 3.63) is 39.7 Å². The molecule has 0 aliphatic heterocycles. The minimum absolute atomic E-state index is 0.367. The fourth-order valence-corrected chi connectivity index (χ4v) is 3.27. The molecule has 1 unspecified atom stereocenters. The third-order valence-corrected chi connectivity index (χ3v) is 5.01. The molecule has 2 rings (SSSR count). The quantitative estimate of drug-likeness (QED) is 0.670. The van der Waals surface area contributed by atoms with Crippen molar-refractivity contribution < 1.29 is 4.55 Å². The van der Waals surface area contributed by atoms with Gasteiger partial charge in [-0.3, -0.25) is 0 Å². The van der Waals surface area contributed by atoms with Crippen LogP contribution in [0.3, 0.4) is 0 Å². The molecule has 0 saturated heterocycles.